The van der Waals surface area contributed by atoms with Crippen LogP contribution in [0.25, 0.3) is 0 Å². The van der Waals surface area contributed by atoms with Gasteiger partial charge in [0.1, 0.15) is 0 Å². The third-order valence-electron chi connectivity index (χ3n) is 4.83. The lowest BCUT2D eigenvalue weighted by Gasteiger charge is -2.24. The SMILES string of the molecule is CC(C)[C@@H](C)NC(=O)CNc1ccccc1C(=O)N1CCC[C@@H]1CO. The van der Waals surface area contributed by atoms with E-state index in [2.05, 4.69) is 24.5 Å². The minimum atomic E-state index is -0.115. The van der Waals surface area contributed by atoms with Gasteiger partial charge in [-0.2, -0.15) is 0 Å². The number of carbonyl (C=O) groups is 2. The molecule has 1 fully saturated rings. The van der Waals surface area contributed by atoms with Gasteiger partial charge in [0.2, 0.25) is 5.91 Å². The van der Waals surface area contributed by atoms with E-state index in [9.17, 15) is 14.7 Å². The number of carbonyl (C=O) groups excluding carboxylic acids is 2. The van der Waals surface area contributed by atoms with Crippen molar-refractivity contribution in [3.63, 3.8) is 0 Å². The van der Waals surface area contributed by atoms with Gasteiger partial charge in [-0.05, 0) is 37.8 Å². The quantitative estimate of drug-likeness (QED) is 0.703. The molecule has 0 aliphatic carbocycles. The molecule has 0 bridgehead atoms. The van der Waals surface area contributed by atoms with Crippen LogP contribution in [-0.2, 0) is 4.79 Å². The van der Waals surface area contributed by atoms with Gasteiger partial charge in [0.15, 0.2) is 0 Å². The Morgan fingerprint density at radius 2 is 2.00 bits per heavy atom. The number of amides is 2. The second-order valence-electron chi connectivity index (χ2n) is 6.98. The third kappa shape index (κ3) is 4.95. The van der Waals surface area contributed by atoms with Crippen LogP contribution in [0.3, 0.4) is 0 Å². The molecule has 0 spiro atoms. The Morgan fingerprint density at radius 3 is 2.68 bits per heavy atom. The number of aliphatic hydroxyl groups excluding tert-OH is 1. The maximum atomic E-state index is 12.8. The standard InChI is InChI=1S/C19H29N3O3/c1-13(2)14(3)21-18(24)11-20-17-9-5-4-8-16(17)19(25)22-10-6-7-15(22)12-23/h4-5,8-9,13-15,20,23H,6-7,10-12H2,1-3H3,(H,21,24)/t14-,15-/m1/s1. The summed E-state index contributed by atoms with van der Waals surface area (Å²) in [5, 5.41) is 15.5. The molecule has 6 heteroatoms. The molecule has 2 amide bonds. The Balaban J connectivity index is 2.03. The number of rotatable bonds is 7. The fourth-order valence-electron chi connectivity index (χ4n) is 2.92. The van der Waals surface area contributed by atoms with Gasteiger partial charge in [0, 0.05) is 18.3 Å². The Hall–Kier alpha value is -2.08. The van der Waals surface area contributed by atoms with Crippen LogP contribution in [0.4, 0.5) is 5.69 Å². The zero-order valence-corrected chi connectivity index (χ0v) is 15.3. The zero-order chi connectivity index (χ0) is 18.4. The van der Waals surface area contributed by atoms with E-state index in [1.54, 1.807) is 17.0 Å². The summed E-state index contributed by atoms with van der Waals surface area (Å²) in [6, 6.07) is 7.18. The van der Waals surface area contributed by atoms with E-state index in [0.29, 0.717) is 23.7 Å². The van der Waals surface area contributed by atoms with Gasteiger partial charge >= 0.3 is 0 Å². The van der Waals surface area contributed by atoms with Crippen molar-refractivity contribution in [3.8, 4) is 0 Å². The molecule has 0 aromatic heterocycles. The number of para-hydroxylation sites is 1. The predicted octanol–water partition coefficient (Wildman–Crippen LogP) is 1.86. The maximum Gasteiger partial charge on any atom is 0.256 e. The third-order valence-corrected chi connectivity index (χ3v) is 4.83. The molecule has 25 heavy (non-hydrogen) atoms. The van der Waals surface area contributed by atoms with E-state index in [1.165, 1.54) is 0 Å². The van der Waals surface area contributed by atoms with Crippen molar-refractivity contribution in [1.29, 1.82) is 0 Å². The zero-order valence-electron chi connectivity index (χ0n) is 15.3. The molecule has 1 saturated heterocycles. The highest BCUT2D eigenvalue weighted by atomic mass is 16.3. The van der Waals surface area contributed by atoms with Crippen molar-refractivity contribution in [2.75, 3.05) is 25.0 Å². The van der Waals surface area contributed by atoms with Crippen molar-refractivity contribution in [3.05, 3.63) is 29.8 Å². The summed E-state index contributed by atoms with van der Waals surface area (Å²) in [5.74, 6) is 0.164. The van der Waals surface area contributed by atoms with E-state index >= 15 is 0 Å². The van der Waals surface area contributed by atoms with Crippen LogP contribution >= 0.6 is 0 Å². The van der Waals surface area contributed by atoms with Crippen LogP contribution < -0.4 is 10.6 Å². The molecular formula is C19H29N3O3. The summed E-state index contributed by atoms with van der Waals surface area (Å²) in [6.45, 7) is 6.84. The lowest BCUT2D eigenvalue weighted by Crippen LogP contribution is -2.40. The predicted molar refractivity (Wildman–Crippen MR) is 98.5 cm³/mol. The topological polar surface area (TPSA) is 81.7 Å². The van der Waals surface area contributed by atoms with Crippen molar-refractivity contribution < 1.29 is 14.7 Å². The summed E-state index contributed by atoms with van der Waals surface area (Å²) >= 11 is 0. The van der Waals surface area contributed by atoms with Gasteiger partial charge in [-0.15, -0.1) is 0 Å². The minimum Gasteiger partial charge on any atom is -0.394 e. The van der Waals surface area contributed by atoms with Crippen LogP contribution in [0.1, 0.15) is 44.0 Å². The molecule has 2 rings (SSSR count). The van der Waals surface area contributed by atoms with Gasteiger partial charge in [0.25, 0.3) is 5.91 Å². The molecule has 0 radical (unpaired) electrons. The fourth-order valence-corrected chi connectivity index (χ4v) is 2.92. The first kappa shape index (κ1) is 19.2. The summed E-state index contributed by atoms with van der Waals surface area (Å²) in [5.41, 5.74) is 1.18. The van der Waals surface area contributed by atoms with E-state index < -0.39 is 0 Å². The van der Waals surface area contributed by atoms with E-state index in [0.717, 1.165) is 12.8 Å². The second kappa shape index (κ2) is 8.85. The number of nitrogens with one attached hydrogen (secondary N) is 2. The summed E-state index contributed by atoms with van der Waals surface area (Å²) < 4.78 is 0. The molecule has 1 heterocycles. The number of hydrogen-bond donors (Lipinski definition) is 3. The van der Waals surface area contributed by atoms with Crippen molar-refractivity contribution in [2.24, 2.45) is 5.92 Å². The Morgan fingerprint density at radius 1 is 1.28 bits per heavy atom. The monoisotopic (exact) mass is 347 g/mol. The van der Waals surface area contributed by atoms with Crippen molar-refractivity contribution in [2.45, 2.75) is 45.7 Å². The Bertz CT molecular complexity index is 603. The fraction of sp³-hybridized carbons (Fsp3) is 0.579. The highest BCUT2D eigenvalue weighted by molar-refractivity contribution is 6.00. The highest BCUT2D eigenvalue weighted by Crippen LogP contribution is 2.23. The highest BCUT2D eigenvalue weighted by Gasteiger charge is 2.29. The van der Waals surface area contributed by atoms with Crippen LogP contribution in [0.2, 0.25) is 0 Å². The molecule has 1 aromatic carbocycles. The van der Waals surface area contributed by atoms with Crippen LogP contribution in [0, 0.1) is 5.92 Å². The molecule has 3 N–H and O–H groups in total. The molecule has 1 aliphatic heterocycles. The van der Waals surface area contributed by atoms with E-state index in [4.69, 9.17) is 0 Å². The van der Waals surface area contributed by atoms with Gasteiger partial charge in [-0.25, -0.2) is 0 Å². The van der Waals surface area contributed by atoms with Gasteiger partial charge < -0.3 is 20.6 Å². The maximum absolute atomic E-state index is 12.8. The first-order chi connectivity index (χ1) is 11.9. The van der Waals surface area contributed by atoms with Crippen LogP contribution in [-0.4, -0.2) is 53.6 Å². The number of likely N-dealkylation sites (tertiary alicyclic amines) is 1. The molecule has 0 unspecified atom stereocenters. The normalized spacial score (nSPS) is 18.3. The van der Waals surface area contributed by atoms with Crippen LogP contribution in [0.15, 0.2) is 24.3 Å². The lowest BCUT2D eigenvalue weighted by molar-refractivity contribution is -0.120. The van der Waals surface area contributed by atoms with E-state index in [1.807, 2.05) is 19.1 Å². The number of nitrogens with zero attached hydrogens (tertiary/aromatic N) is 1. The summed E-state index contributed by atoms with van der Waals surface area (Å²) in [6.07, 6.45) is 1.73. The molecular weight excluding hydrogens is 318 g/mol. The molecule has 1 aliphatic rings. The molecule has 2 atom stereocenters. The Labute approximate surface area is 149 Å². The molecule has 138 valence electrons. The minimum absolute atomic E-state index is 0.0170. The first-order valence-electron chi connectivity index (χ1n) is 8.98. The lowest BCUT2D eigenvalue weighted by atomic mass is 10.1. The van der Waals surface area contributed by atoms with Gasteiger partial charge in [-0.1, -0.05) is 26.0 Å². The van der Waals surface area contributed by atoms with Crippen molar-refractivity contribution >= 4 is 17.5 Å². The Kier molecular flexibility index (Phi) is 6.82. The van der Waals surface area contributed by atoms with Crippen LogP contribution in [0.5, 0.6) is 0 Å². The summed E-state index contributed by atoms with van der Waals surface area (Å²) in [7, 11) is 0. The number of benzene rings is 1. The summed E-state index contributed by atoms with van der Waals surface area (Å²) in [4.78, 5) is 26.6. The number of hydrogen-bond acceptors (Lipinski definition) is 4. The van der Waals surface area contributed by atoms with E-state index in [-0.39, 0.29) is 37.0 Å². The van der Waals surface area contributed by atoms with Crippen molar-refractivity contribution in [1.82, 2.24) is 10.2 Å². The molecule has 0 saturated carbocycles. The second-order valence-corrected chi connectivity index (χ2v) is 6.98. The largest absolute Gasteiger partial charge is 0.394 e. The van der Waals surface area contributed by atoms with Gasteiger partial charge in [0.05, 0.1) is 24.8 Å². The average Bonchev–Trinajstić information content (AvgIpc) is 3.08. The smallest absolute Gasteiger partial charge is 0.256 e. The number of anilines is 1. The molecule has 1 aromatic rings. The average molecular weight is 347 g/mol. The molecule has 6 nitrogen and oxygen atoms in total. The first-order valence-corrected chi connectivity index (χ1v) is 8.98. The number of aliphatic hydroxyl groups is 1. The van der Waals surface area contributed by atoms with Gasteiger partial charge in [-0.3, -0.25) is 9.59 Å².